The maximum Gasteiger partial charge on any atom is 0.309 e. The average molecular weight is 254 g/mol. The van der Waals surface area contributed by atoms with Crippen molar-refractivity contribution in [2.24, 2.45) is 5.41 Å². The lowest BCUT2D eigenvalue weighted by atomic mass is 9.70. The zero-order valence-corrected chi connectivity index (χ0v) is 10.1. The van der Waals surface area contributed by atoms with Gasteiger partial charge in [-0.2, -0.15) is 0 Å². The molecule has 1 saturated carbocycles. The number of carboxylic acid groups (broad SMARTS) is 1. The van der Waals surface area contributed by atoms with Crippen molar-refractivity contribution in [3.8, 4) is 0 Å². The van der Waals surface area contributed by atoms with Gasteiger partial charge in [-0.3, -0.25) is 4.79 Å². The van der Waals surface area contributed by atoms with Crippen molar-refractivity contribution in [3.05, 3.63) is 35.4 Å². The van der Waals surface area contributed by atoms with Crippen LogP contribution in [0.1, 0.15) is 37.7 Å². The summed E-state index contributed by atoms with van der Waals surface area (Å²) in [6.45, 7) is 0. The minimum atomic E-state index is -0.924. The first kappa shape index (κ1) is 13.0. The van der Waals surface area contributed by atoms with Crippen LogP contribution < -0.4 is 0 Å². The van der Waals surface area contributed by atoms with Crippen molar-refractivity contribution >= 4 is 5.97 Å². The maximum absolute atomic E-state index is 13.6. The van der Waals surface area contributed by atoms with E-state index in [1.165, 1.54) is 0 Å². The van der Waals surface area contributed by atoms with Gasteiger partial charge in [0.15, 0.2) is 0 Å². The van der Waals surface area contributed by atoms with Crippen molar-refractivity contribution in [2.45, 2.75) is 38.5 Å². The second-order valence-corrected chi connectivity index (χ2v) is 5.06. The topological polar surface area (TPSA) is 37.3 Å². The van der Waals surface area contributed by atoms with Crippen LogP contribution in [0.5, 0.6) is 0 Å². The van der Waals surface area contributed by atoms with E-state index in [0.29, 0.717) is 12.8 Å². The number of halogens is 2. The van der Waals surface area contributed by atoms with Crippen LogP contribution in [0.15, 0.2) is 18.2 Å². The van der Waals surface area contributed by atoms with Crippen LogP contribution in [0, 0.1) is 17.0 Å². The summed E-state index contributed by atoms with van der Waals surface area (Å²) >= 11 is 0. The fourth-order valence-electron chi connectivity index (χ4n) is 2.74. The van der Waals surface area contributed by atoms with Gasteiger partial charge in [-0.05, 0) is 43.0 Å². The number of rotatable bonds is 3. The first-order chi connectivity index (χ1) is 8.53. The largest absolute Gasteiger partial charge is 0.481 e. The second-order valence-electron chi connectivity index (χ2n) is 5.06. The second kappa shape index (κ2) is 5.04. The van der Waals surface area contributed by atoms with E-state index in [-0.39, 0.29) is 12.0 Å². The monoisotopic (exact) mass is 254 g/mol. The Labute approximate surface area is 105 Å². The number of hydrogen-bond acceptors (Lipinski definition) is 1. The van der Waals surface area contributed by atoms with Gasteiger partial charge < -0.3 is 5.11 Å². The molecule has 1 aliphatic rings. The van der Waals surface area contributed by atoms with Gasteiger partial charge in [-0.15, -0.1) is 0 Å². The van der Waals surface area contributed by atoms with Gasteiger partial charge in [0.1, 0.15) is 11.6 Å². The standard InChI is InChI=1S/C14H16F2O2/c15-11-4-5-12(16)10(8-11)9-14(13(17)18)6-2-1-3-7-14/h4-5,8H,1-3,6-7,9H2,(H,17,18). The number of aliphatic carboxylic acids is 1. The Morgan fingerprint density at radius 3 is 2.50 bits per heavy atom. The highest BCUT2D eigenvalue weighted by molar-refractivity contribution is 5.75. The van der Waals surface area contributed by atoms with E-state index in [1.807, 2.05) is 0 Å². The van der Waals surface area contributed by atoms with Crippen LogP contribution in [0.2, 0.25) is 0 Å². The van der Waals surface area contributed by atoms with Crippen molar-refractivity contribution in [1.29, 1.82) is 0 Å². The molecule has 0 radical (unpaired) electrons. The van der Waals surface area contributed by atoms with Crippen LogP contribution in [0.25, 0.3) is 0 Å². The molecule has 2 rings (SSSR count). The molecule has 0 atom stereocenters. The summed E-state index contributed by atoms with van der Waals surface area (Å²) in [5.74, 6) is -1.95. The molecule has 4 heteroatoms. The smallest absolute Gasteiger partial charge is 0.309 e. The van der Waals surface area contributed by atoms with Crippen molar-refractivity contribution in [2.75, 3.05) is 0 Å². The minimum absolute atomic E-state index is 0.0753. The summed E-state index contributed by atoms with van der Waals surface area (Å²) < 4.78 is 26.7. The lowest BCUT2D eigenvalue weighted by Gasteiger charge is -2.33. The molecule has 0 amide bonds. The van der Waals surface area contributed by atoms with E-state index < -0.39 is 23.0 Å². The first-order valence-electron chi connectivity index (χ1n) is 6.21. The molecule has 0 aromatic heterocycles. The van der Waals surface area contributed by atoms with Gasteiger partial charge in [0.2, 0.25) is 0 Å². The van der Waals surface area contributed by atoms with Crippen molar-refractivity contribution < 1.29 is 18.7 Å². The summed E-state index contributed by atoms with van der Waals surface area (Å²) in [6.07, 6.45) is 3.84. The van der Waals surface area contributed by atoms with Gasteiger partial charge in [0.05, 0.1) is 5.41 Å². The lowest BCUT2D eigenvalue weighted by Crippen LogP contribution is -2.35. The zero-order chi connectivity index (χ0) is 13.2. The quantitative estimate of drug-likeness (QED) is 0.895. The van der Waals surface area contributed by atoms with Crippen LogP contribution in [-0.2, 0) is 11.2 Å². The molecule has 2 nitrogen and oxygen atoms in total. The average Bonchev–Trinajstić information content (AvgIpc) is 2.35. The predicted molar refractivity (Wildman–Crippen MR) is 63.2 cm³/mol. The minimum Gasteiger partial charge on any atom is -0.481 e. The molecule has 1 N–H and O–H groups in total. The maximum atomic E-state index is 13.6. The van der Waals surface area contributed by atoms with Gasteiger partial charge in [-0.1, -0.05) is 19.3 Å². The van der Waals surface area contributed by atoms with E-state index in [1.54, 1.807) is 0 Å². The normalized spacial score (nSPS) is 18.6. The molecule has 0 spiro atoms. The summed E-state index contributed by atoms with van der Waals surface area (Å²) in [5.41, 5.74) is -0.758. The molecule has 0 aliphatic heterocycles. The lowest BCUT2D eigenvalue weighted by molar-refractivity contribution is -0.151. The van der Waals surface area contributed by atoms with E-state index in [2.05, 4.69) is 0 Å². The number of carboxylic acids is 1. The highest BCUT2D eigenvalue weighted by Gasteiger charge is 2.40. The molecule has 98 valence electrons. The van der Waals surface area contributed by atoms with E-state index in [4.69, 9.17) is 0 Å². The predicted octanol–water partition coefficient (Wildman–Crippen LogP) is 3.54. The Kier molecular flexibility index (Phi) is 3.64. The van der Waals surface area contributed by atoms with E-state index in [0.717, 1.165) is 37.5 Å². The van der Waals surface area contributed by atoms with E-state index >= 15 is 0 Å². The third kappa shape index (κ3) is 2.52. The molecule has 1 aliphatic carbocycles. The number of carbonyl (C=O) groups is 1. The van der Waals surface area contributed by atoms with Crippen LogP contribution in [0.3, 0.4) is 0 Å². The SMILES string of the molecule is O=C(O)C1(Cc2cc(F)ccc2F)CCCCC1. The molecule has 0 bridgehead atoms. The molecule has 1 fully saturated rings. The van der Waals surface area contributed by atoms with Crippen molar-refractivity contribution in [1.82, 2.24) is 0 Å². The Balaban J connectivity index is 2.28. The Hall–Kier alpha value is -1.45. The highest BCUT2D eigenvalue weighted by atomic mass is 19.1. The van der Waals surface area contributed by atoms with Crippen LogP contribution in [0.4, 0.5) is 8.78 Å². The molecule has 0 heterocycles. The van der Waals surface area contributed by atoms with Crippen LogP contribution >= 0.6 is 0 Å². The molecule has 0 saturated heterocycles. The highest BCUT2D eigenvalue weighted by Crippen LogP contribution is 2.40. The Morgan fingerprint density at radius 1 is 1.22 bits per heavy atom. The molecule has 1 aromatic carbocycles. The van der Waals surface area contributed by atoms with Crippen molar-refractivity contribution in [3.63, 3.8) is 0 Å². The molecular weight excluding hydrogens is 238 g/mol. The first-order valence-corrected chi connectivity index (χ1v) is 6.21. The van der Waals surface area contributed by atoms with Crippen LogP contribution in [-0.4, -0.2) is 11.1 Å². The Bertz CT molecular complexity index is 451. The van der Waals surface area contributed by atoms with Gasteiger partial charge >= 0.3 is 5.97 Å². The van der Waals surface area contributed by atoms with Gasteiger partial charge in [-0.25, -0.2) is 8.78 Å². The summed E-state index contributed by atoms with van der Waals surface area (Å²) in [5, 5.41) is 9.39. The molecule has 0 unspecified atom stereocenters. The zero-order valence-electron chi connectivity index (χ0n) is 10.1. The van der Waals surface area contributed by atoms with Gasteiger partial charge in [0, 0.05) is 0 Å². The fourth-order valence-corrected chi connectivity index (χ4v) is 2.74. The third-order valence-electron chi connectivity index (χ3n) is 3.80. The fraction of sp³-hybridized carbons (Fsp3) is 0.500. The van der Waals surface area contributed by atoms with Gasteiger partial charge in [0.25, 0.3) is 0 Å². The number of benzene rings is 1. The summed E-state index contributed by atoms with van der Waals surface area (Å²) in [4.78, 5) is 11.5. The third-order valence-corrected chi connectivity index (χ3v) is 3.80. The van der Waals surface area contributed by atoms with E-state index in [9.17, 15) is 18.7 Å². The number of hydrogen-bond donors (Lipinski definition) is 1. The Morgan fingerprint density at radius 2 is 1.89 bits per heavy atom. The summed E-state index contributed by atoms with van der Waals surface area (Å²) in [7, 11) is 0. The molecule has 1 aromatic rings. The molecule has 18 heavy (non-hydrogen) atoms. The summed E-state index contributed by atoms with van der Waals surface area (Å²) in [6, 6.07) is 3.21. The molecular formula is C14H16F2O2.